The first-order valence-corrected chi connectivity index (χ1v) is 8.26. The predicted molar refractivity (Wildman–Crippen MR) is 97.1 cm³/mol. The molecular weight excluding hydrogens is 302 g/mol. The van der Waals surface area contributed by atoms with E-state index in [-0.39, 0.29) is 0 Å². The fourth-order valence-corrected chi connectivity index (χ4v) is 3.72. The molecule has 0 bridgehead atoms. The highest BCUT2D eigenvalue weighted by Gasteiger charge is 2.23. The zero-order valence-corrected chi connectivity index (χ0v) is 13.5. The minimum atomic E-state index is 0.751. The van der Waals surface area contributed by atoms with E-state index in [1.54, 1.807) is 17.5 Å². The number of hydrogen-bond donors (Lipinski definition) is 1. The monoisotopic (exact) mass is 317 g/mol. The molecule has 1 aliphatic rings. The standard InChI is InChI=1S/C19H15N3S/c1-12-7-3-4-8-14(12)15-11-23-19-17(15)13(2)21-18(22-19)16-9-5-6-10-20-16/h3-11H,2H2,1H3,(H,21,22). The third kappa shape index (κ3) is 2.37. The smallest absolute Gasteiger partial charge is 0.158 e. The highest BCUT2D eigenvalue weighted by atomic mass is 32.1. The van der Waals surface area contributed by atoms with Crippen molar-refractivity contribution in [2.45, 2.75) is 6.92 Å². The maximum Gasteiger partial charge on any atom is 0.158 e. The van der Waals surface area contributed by atoms with E-state index in [9.17, 15) is 0 Å². The van der Waals surface area contributed by atoms with Gasteiger partial charge in [-0.25, -0.2) is 4.99 Å². The third-order valence-electron chi connectivity index (χ3n) is 3.90. The van der Waals surface area contributed by atoms with Gasteiger partial charge in [0.2, 0.25) is 0 Å². The van der Waals surface area contributed by atoms with E-state index in [0.717, 1.165) is 27.8 Å². The van der Waals surface area contributed by atoms with Crippen LogP contribution in [0, 0.1) is 6.92 Å². The van der Waals surface area contributed by atoms with Crippen LogP contribution in [0.1, 0.15) is 16.8 Å². The molecule has 3 nitrogen and oxygen atoms in total. The molecule has 112 valence electrons. The van der Waals surface area contributed by atoms with Crippen LogP contribution in [0.3, 0.4) is 0 Å². The SMILES string of the molecule is C=C1NC(c2ccccn2)=Nc2scc(-c3ccccc3C)c21. The lowest BCUT2D eigenvalue weighted by molar-refractivity contribution is 1.19. The van der Waals surface area contributed by atoms with Gasteiger partial charge in [0.1, 0.15) is 10.7 Å². The summed E-state index contributed by atoms with van der Waals surface area (Å²) in [6.45, 7) is 6.33. The number of pyridine rings is 1. The van der Waals surface area contributed by atoms with Crippen LogP contribution >= 0.6 is 11.3 Å². The van der Waals surface area contributed by atoms with Crippen LogP contribution in [-0.2, 0) is 0 Å². The molecule has 0 amide bonds. The molecule has 0 saturated carbocycles. The first-order valence-electron chi connectivity index (χ1n) is 7.38. The number of amidine groups is 1. The Labute approximate surface area is 139 Å². The third-order valence-corrected chi connectivity index (χ3v) is 4.77. The number of fused-ring (bicyclic) bond motifs is 1. The number of aryl methyl sites for hydroxylation is 1. The Morgan fingerprint density at radius 2 is 1.87 bits per heavy atom. The maximum atomic E-state index is 4.74. The lowest BCUT2D eigenvalue weighted by Crippen LogP contribution is -2.25. The molecule has 0 saturated heterocycles. The van der Waals surface area contributed by atoms with E-state index in [0.29, 0.717) is 0 Å². The number of nitrogens with zero attached hydrogens (tertiary/aromatic N) is 2. The molecule has 3 heterocycles. The molecule has 1 N–H and O–H groups in total. The van der Waals surface area contributed by atoms with Crippen molar-refractivity contribution >= 4 is 27.9 Å². The van der Waals surface area contributed by atoms with Crippen LogP contribution in [0.25, 0.3) is 16.8 Å². The summed E-state index contributed by atoms with van der Waals surface area (Å²) in [4.78, 5) is 9.10. The summed E-state index contributed by atoms with van der Waals surface area (Å²) in [7, 11) is 0. The van der Waals surface area contributed by atoms with E-state index in [1.165, 1.54) is 16.7 Å². The molecule has 2 aromatic heterocycles. The average Bonchev–Trinajstić information content (AvgIpc) is 3.00. The van der Waals surface area contributed by atoms with Gasteiger partial charge in [0.15, 0.2) is 5.84 Å². The molecule has 1 aliphatic heterocycles. The largest absolute Gasteiger partial charge is 0.338 e. The number of benzene rings is 1. The van der Waals surface area contributed by atoms with Crippen molar-refractivity contribution in [3.63, 3.8) is 0 Å². The van der Waals surface area contributed by atoms with Gasteiger partial charge in [0.05, 0.1) is 0 Å². The van der Waals surface area contributed by atoms with Crippen molar-refractivity contribution in [2.24, 2.45) is 4.99 Å². The predicted octanol–water partition coefficient (Wildman–Crippen LogP) is 4.77. The molecule has 0 aliphatic carbocycles. The summed E-state index contributed by atoms with van der Waals surface area (Å²) < 4.78 is 0. The molecule has 23 heavy (non-hydrogen) atoms. The van der Waals surface area contributed by atoms with Gasteiger partial charge in [-0.1, -0.05) is 36.9 Å². The van der Waals surface area contributed by atoms with Crippen LogP contribution in [0.4, 0.5) is 5.00 Å². The number of nitrogens with one attached hydrogen (secondary N) is 1. The second-order valence-corrected chi connectivity index (χ2v) is 6.28. The normalized spacial score (nSPS) is 13.3. The summed E-state index contributed by atoms with van der Waals surface area (Å²) in [5.41, 5.74) is 6.44. The van der Waals surface area contributed by atoms with Gasteiger partial charge in [-0.3, -0.25) is 4.98 Å². The minimum Gasteiger partial charge on any atom is -0.338 e. The first kappa shape index (κ1) is 13.9. The van der Waals surface area contributed by atoms with Gasteiger partial charge in [0, 0.05) is 28.4 Å². The van der Waals surface area contributed by atoms with Gasteiger partial charge in [-0.05, 0) is 30.2 Å². The Bertz CT molecular complexity index is 923. The summed E-state index contributed by atoms with van der Waals surface area (Å²) >= 11 is 1.64. The summed E-state index contributed by atoms with van der Waals surface area (Å²) in [5.74, 6) is 0.751. The number of thiophene rings is 1. The Kier molecular flexibility index (Phi) is 3.32. The van der Waals surface area contributed by atoms with Crippen molar-refractivity contribution in [1.82, 2.24) is 10.3 Å². The van der Waals surface area contributed by atoms with E-state index in [2.05, 4.69) is 53.4 Å². The number of hydrogen-bond acceptors (Lipinski definition) is 4. The van der Waals surface area contributed by atoms with Crippen molar-refractivity contribution < 1.29 is 0 Å². The highest BCUT2D eigenvalue weighted by molar-refractivity contribution is 7.14. The van der Waals surface area contributed by atoms with E-state index in [1.807, 2.05) is 18.2 Å². The van der Waals surface area contributed by atoms with Crippen molar-refractivity contribution in [3.05, 3.63) is 77.4 Å². The second-order valence-electron chi connectivity index (χ2n) is 5.42. The molecule has 0 fully saturated rings. The van der Waals surface area contributed by atoms with Gasteiger partial charge >= 0.3 is 0 Å². The molecule has 0 radical (unpaired) electrons. The Morgan fingerprint density at radius 1 is 1.04 bits per heavy atom. The molecule has 3 aromatic rings. The molecule has 4 rings (SSSR count). The fraction of sp³-hybridized carbons (Fsp3) is 0.0526. The molecule has 4 heteroatoms. The molecule has 0 spiro atoms. The van der Waals surface area contributed by atoms with Crippen LogP contribution in [0.15, 0.2) is 65.6 Å². The molecular formula is C19H15N3S. The zero-order valence-electron chi connectivity index (χ0n) is 12.7. The highest BCUT2D eigenvalue weighted by Crippen LogP contribution is 2.43. The topological polar surface area (TPSA) is 37.3 Å². The zero-order chi connectivity index (χ0) is 15.8. The van der Waals surface area contributed by atoms with E-state index >= 15 is 0 Å². The molecule has 0 atom stereocenters. The summed E-state index contributed by atoms with van der Waals surface area (Å²) in [6, 6.07) is 14.2. The molecule has 0 unspecified atom stereocenters. The van der Waals surface area contributed by atoms with Crippen LogP contribution in [-0.4, -0.2) is 10.8 Å². The fourth-order valence-electron chi connectivity index (χ4n) is 2.75. The Balaban J connectivity index is 1.84. The van der Waals surface area contributed by atoms with Crippen molar-refractivity contribution in [1.29, 1.82) is 0 Å². The number of rotatable bonds is 2. The minimum absolute atomic E-state index is 0.751. The molecule has 1 aromatic carbocycles. The van der Waals surface area contributed by atoms with Crippen LogP contribution < -0.4 is 5.32 Å². The van der Waals surface area contributed by atoms with Gasteiger partial charge in [-0.2, -0.15) is 0 Å². The van der Waals surface area contributed by atoms with Gasteiger partial charge in [-0.15, -0.1) is 11.3 Å². The Hall–Kier alpha value is -2.72. The first-order chi connectivity index (χ1) is 11.2. The van der Waals surface area contributed by atoms with Gasteiger partial charge < -0.3 is 5.32 Å². The van der Waals surface area contributed by atoms with E-state index in [4.69, 9.17) is 4.99 Å². The van der Waals surface area contributed by atoms with Crippen molar-refractivity contribution in [3.8, 4) is 11.1 Å². The van der Waals surface area contributed by atoms with Gasteiger partial charge in [0.25, 0.3) is 0 Å². The quantitative estimate of drug-likeness (QED) is 0.739. The summed E-state index contributed by atoms with van der Waals surface area (Å²) in [5, 5.41) is 6.44. The van der Waals surface area contributed by atoms with Crippen molar-refractivity contribution in [2.75, 3.05) is 0 Å². The summed E-state index contributed by atoms with van der Waals surface area (Å²) in [6.07, 6.45) is 1.77. The lowest BCUT2D eigenvalue weighted by Gasteiger charge is -2.18. The average molecular weight is 317 g/mol. The Morgan fingerprint density at radius 3 is 2.65 bits per heavy atom. The lowest BCUT2D eigenvalue weighted by atomic mass is 9.97. The maximum absolute atomic E-state index is 4.74. The number of aliphatic imine (C=N–C) groups is 1. The van der Waals surface area contributed by atoms with Crippen LogP contribution in [0.5, 0.6) is 0 Å². The second kappa shape index (κ2) is 5.48. The van der Waals surface area contributed by atoms with E-state index < -0.39 is 0 Å². The van der Waals surface area contributed by atoms with Crippen LogP contribution in [0.2, 0.25) is 0 Å². The number of aromatic nitrogens is 1.